The maximum absolute atomic E-state index is 13.7. The molecule has 14 heteroatoms. The molecule has 1 aromatic heterocycles. The number of hydrogen-bond donors (Lipinski definition) is 8. The second-order valence-corrected chi connectivity index (χ2v) is 9.78. The van der Waals surface area contributed by atoms with Crippen molar-refractivity contribution in [2.45, 2.75) is 30.7 Å². The van der Waals surface area contributed by atoms with Gasteiger partial charge in [-0.15, -0.1) is 0 Å². The van der Waals surface area contributed by atoms with Crippen molar-refractivity contribution < 1.29 is 64.3 Å². The van der Waals surface area contributed by atoms with Crippen molar-refractivity contribution in [2.24, 2.45) is 0 Å². The van der Waals surface area contributed by atoms with Gasteiger partial charge in [0, 0.05) is 23.8 Å². The molecule has 3 aromatic carbocycles. The van der Waals surface area contributed by atoms with E-state index in [4.69, 9.17) is 18.6 Å². The number of aliphatic hydroxyl groups excluding tert-OH is 3. The third kappa shape index (κ3) is 5.95. The second-order valence-electron chi connectivity index (χ2n) is 9.78. The number of carbonyl (C=O) groups excluding carboxylic acids is 1. The first-order chi connectivity index (χ1) is 21.0. The zero-order valence-corrected chi connectivity index (χ0v) is 22.5. The molecule has 2 heterocycles. The zero-order valence-electron chi connectivity index (χ0n) is 22.5. The fourth-order valence-corrected chi connectivity index (χ4v) is 4.55. The lowest BCUT2D eigenvalue weighted by Gasteiger charge is -2.41. The van der Waals surface area contributed by atoms with Crippen molar-refractivity contribution in [3.05, 3.63) is 76.5 Å². The van der Waals surface area contributed by atoms with E-state index in [9.17, 15) is 50.4 Å². The number of ether oxygens (including phenoxy) is 3. The summed E-state index contributed by atoms with van der Waals surface area (Å²) in [5.74, 6) is -4.34. The van der Waals surface area contributed by atoms with Crippen molar-refractivity contribution in [1.29, 1.82) is 0 Å². The highest BCUT2D eigenvalue weighted by Crippen LogP contribution is 2.39. The molecule has 1 aliphatic heterocycles. The molecule has 0 bridgehead atoms. The molecule has 5 rings (SSSR count). The van der Waals surface area contributed by atoms with Gasteiger partial charge in [-0.1, -0.05) is 12.1 Å². The number of phenols is 5. The summed E-state index contributed by atoms with van der Waals surface area (Å²) < 4.78 is 22.5. The molecule has 0 unspecified atom stereocenters. The number of hydrogen-bond acceptors (Lipinski definition) is 14. The normalized spacial score (nSPS) is 21.8. The molecule has 44 heavy (non-hydrogen) atoms. The molecule has 0 radical (unpaired) electrons. The van der Waals surface area contributed by atoms with Crippen LogP contribution in [0.2, 0.25) is 0 Å². The minimum Gasteiger partial charge on any atom is -0.508 e. The highest BCUT2D eigenvalue weighted by molar-refractivity contribution is 5.89. The monoisotopic (exact) mass is 610 g/mol. The van der Waals surface area contributed by atoms with Crippen molar-refractivity contribution in [1.82, 2.24) is 0 Å². The molecule has 8 N–H and O–H groups in total. The Morgan fingerprint density at radius 1 is 0.864 bits per heavy atom. The highest BCUT2D eigenvalue weighted by atomic mass is 16.7. The van der Waals surface area contributed by atoms with Crippen LogP contribution in [0.1, 0.15) is 5.56 Å². The first-order valence-corrected chi connectivity index (χ1v) is 13.0. The van der Waals surface area contributed by atoms with Crippen molar-refractivity contribution in [3.63, 3.8) is 0 Å². The van der Waals surface area contributed by atoms with E-state index < -0.39 is 88.6 Å². The van der Waals surface area contributed by atoms with Crippen LogP contribution in [0.4, 0.5) is 0 Å². The van der Waals surface area contributed by atoms with Crippen LogP contribution in [0.3, 0.4) is 0 Å². The number of fused-ring (bicyclic) bond motifs is 1. The van der Waals surface area contributed by atoms with Crippen LogP contribution in [-0.4, -0.2) is 84.1 Å². The van der Waals surface area contributed by atoms with Crippen molar-refractivity contribution >= 4 is 23.0 Å². The second kappa shape index (κ2) is 12.1. The first kappa shape index (κ1) is 30.2. The van der Waals surface area contributed by atoms with Gasteiger partial charge in [0.2, 0.25) is 17.5 Å². The molecule has 0 saturated carbocycles. The van der Waals surface area contributed by atoms with E-state index >= 15 is 0 Å². The lowest BCUT2D eigenvalue weighted by atomic mass is 9.99. The van der Waals surface area contributed by atoms with Crippen LogP contribution < -0.4 is 10.2 Å². The Balaban J connectivity index is 1.57. The van der Waals surface area contributed by atoms with Crippen LogP contribution in [-0.2, 0) is 14.3 Å². The van der Waals surface area contributed by atoms with Crippen molar-refractivity contribution in [3.8, 4) is 45.8 Å². The Bertz CT molecular complexity index is 1780. The first-order valence-electron chi connectivity index (χ1n) is 13.0. The number of phenolic OH excluding ortho intramolecular Hbond substituents is 5. The van der Waals surface area contributed by atoms with E-state index in [1.54, 1.807) is 0 Å². The summed E-state index contributed by atoms with van der Waals surface area (Å²) in [7, 11) is 0. The van der Waals surface area contributed by atoms with Gasteiger partial charge in [0.15, 0.2) is 23.4 Å². The Labute approximate surface area is 247 Å². The van der Waals surface area contributed by atoms with Gasteiger partial charge in [-0.3, -0.25) is 4.79 Å². The van der Waals surface area contributed by atoms with Gasteiger partial charge in [-0.2, -0.15) is 0 Å². The van der Waals surface area contributed by atoms with Gasteiger partial charge in [-0.05, 0) is 42.0 Å². The van der Waals surface area contributed by atoms with E-state index in [0.29, 0.717) is 5.56 Å². The smallest absolute Gasteiger partial charge is 0.331 e. The lowest BCUT2D eigenvalue weighted by Crippen LogP contribution is -2.61. The summed E-state index contributed by atoms with van der Waals surface area (Å²) >= 11 is 0. The largest absolute Gasteiger partial charge is 0.508 e. The minimum atomic E-state index is -1.89. The Morgan fingerprint density at radius 3 is 2.27 bits per heavy atom. The van der Waals surface area contributed by atoms with Gasteiger partial charge in [-0.25, -0.2) is 4.79 Å². The van der Waals surface area contributed by atoms with E-state index in [2.05, 4.69) is 0 Å². The van der Waals surface area contributed by atoms with Crippen LogP contribution >= 0.6 is 0 Å². The van der Waals surface area contributed by atoms with Gasteiger partial charge in [0.05, 0.1) is 6.61 Å². The molecule has 14 nitrogen and oxygen atoms in total. The molecule has 1 fully saturated rings. The molecule has 1 saturated heterocycles. The molecular formula is C30H26O14. The number of aliphatic hydroxyl groups is 3. The minimum absolute atomic E-state index is 0.00444. The molecule has 0 spiro atoms. The van der Waals surface area contributed by atoms with E-state index in [-0.39, 0.29) is 16.9 Å². The number of carbonyl (C=O) groups is 1. The fourth-order valence-electron chi connectivity index (χ4n) is 4.55. The molecule has 1 aliphatic rings. The third-order valence-corrected chi connectivity index (χ3v) is 6.77. The zero-order chi connectivity index (χ0) is 31.7. The van der Waals surface area contributed by atoms with E-state index in [1.807, 2.05) is 0 Å². The average Bonchev–Trinajstić information content (AvgIpc) is 2.98. The summed E-state index contributed by atoms with van der Waals surface area (Å²) in [4.78, 5) is 26.4. The van der Waals surface area contributed by atoms with Gasteiger partial charge >= 0.3 is 5.97 Å². The quantitative estimate of drug-likeness (QED) is 0.0840. The summed E-state index contributed by atoms with van der Waals surface area (Å²) in [6.07, 6.45) is -6.44. The van der Waals surface area contributed by atoms with Crippen LogP contribution in [0.5, 0.6) is 34.5 Å². The van der Waals surface area contributed by atoms with Crippen LogP contribution in [0.25, 0.3) is 28.4 Å². The lowest BCUT2D eigenvalue weighted by molar-refractivity contribution is -0.281. The topological polar surface area (TPSA) is 237 Å². The van der Waals surface area contributed by atoms with Crippen LogP contribution in [0.15, 0.2) is 69.9 Å². The summed E-state index contributed by atoms with van der Waals surface area (Å²) in [6, 6.07) is 11.1. The number of aromatic hydroxyl groups is 5. The summed E-state index contributed by atoms with van der Waals surface area (Å²) in [5, 5.41) is 80.3. The highest BCUT2D eigenvalue weighted by Gasteiger charge is 2.48. The summed E-state index contributed by atoms with van der Waals surface area (Å²) in [6.45, 7) is -0.815. The standard InChI is InChI=1S/C30H26O14/c31-12-21-24(38)26(40)29(43-22(37)8-3-13-1-5-15(32)6-2-13)30(42-21)44-28-25(39)23-19(36)10-16(33)11-20(23)41-27(28)14-4-7-17(34)18(35)9-14/h1-11,21,24,26,29-36,38,40H,12H2/b8-3+/t21-,24+,26+,29-,30+/m1/s1. The van der Waals surface area contributed by atoms with Gasteiger partial charge in [0.25, 0.3) is 0 Å². The van der Waals surface area contributed by atoms with Gasteiger partial charge < -0.3 is 59.5 Å². The number of rotatable bonds is 7. The van der Waals surface area contributed by atoms with Crippen molar-refractivity contribution in [2.75, 3.05) is 6.61 Å². The predicted octanol–water partition coefficient (Wildman–Crippen LogP) is 1.43. The SMILES string of the molecule is O=C(/C=C/c1ccc(O)cc1)O[C@H]1[C@H](Oc2c(-c3ccc(O)c(O)c3)oc3cc(O)cc(O)c3c2=O)O[C@H](CO)[C@H](O)[C@@H]1O. The van der Waals surface area contributed by atoms with Crippen LogP contribution in [0, 0.1) is 0 Å². The molecule has 5 atom stereocenters. The Morgan fingerprint density at radius 2 is 1.59 bits per heavy atom. The van der Waals surface area contributed by atoms with E-state index in [0.717, 1.165) is 30.3 Å². The molecule has 230 valence electrons. The molecule has 0 aliphatic carbocycles. The van der Waals surface area contributed by atoms with E-state index in [1.165, 1.54) is 36.4 Å². The Kier molecular flexibility index (Phi) is 8.33. The predicted molar refractivity (Wildman–Crippen MR) is 150 cm³/mol. The summed E-state index contributed by atoms with van der Waals surface area (Å²) in [5.41, 5.74) is -0.834. The molecule has 4 aromatic rings. The average molecular weight is 611 g/mol. The molecular weight excluding hydrogens is 584 g/mol. The molecule has 0 amide bonds. The third-order valence-electron chi connectivity index (χ3n) is 6.77. The van der Waals surface area contributed by atoms with Gasteiger partial charge in [0.1, 0.15) is 46.5 Å². The maximum Gasteiger partial charge on any atom is 0.331 e. The Hall–Kier alpha value is -5.28. The fraction of sp³-hybridized carbons (Fsp3) is 0.200. The maximum atomic E-state index is 13.7. The number of esters is 1. The number of benzene rings is 3.